The van der Waals surface area contributed by atoms with E-state index in [-0.39, 0.29) is 30.2 Å². The zero-order valence-corrected chi connectivity index (χ0v) is 14.7. The lowest BCUT2D eigenvalue weighted by Gasteiger charge is -2.38. The van der Waals surface area contributed by atoms with Crippen LogP contribution in [0.1, 0.15) is 43.5 Å². The molecule has 0 radical (unpaired) electrons. The molecule has 0 aliphatic carbocycles. The van der Waals surface area contributed by atoms with E-state index in [4.69, 9.17) is 14.2 Å². The first-order valence-corrected chi connectivity index (χ1v) is 8.18. The third-order valence-electron chi connectivity index (χ3n) is 4.44. The van der Waals surface area contributed by atoms with Gasteiger partial charge < -0.3 is 19.1 Å². The lowest BCUT2D eigenvalue weighted by molar-refractivity contribution is -0.140. The van der Waals surface area contributed by atoms with Crippen molar-refractivity contribution >= 4 is 11.9 Å². The monoisotopic (exact) mass is 335 g/mol. The van der Waals surface area contributed by atoms with Crippen molar-refractivity contribution in [3.8, 4) is 11.5 Å². The van der Waals surface area contributed by atoms with Crippen molar-refractivity contribution in [3.05, 3.63) is 23.8 Å². The van der Waals surface area contributed by atoms with Gasteiger partial charge in [0.25, 0.3) is 5.91 Å². The Labute approximate surface area is 142 Å². The maximum Gasteiger partial charge on any atom is 0.346 e. The average molecular weight is 335 g/mol. The van der Waals surface area contributed by atoms with Crippen LogP contribution in [0.5, 0.6) is 11.5 Å². The lowest BCUT2D eigenvalue weighted by Crippen LogP contribution is -2.49. The summed E-state index contributed by atoms with van der Waals surface area (Å²) in [4.78, 5) is 26.7. The van der Waals surface area contributed by atoms with Crippen molar-refractivity contribution in [3.63, 3.8) is 0 Å². The minimum atomic E-state index is -0.630. The first-order chi connectivity index (χ1) is 11.5. The molecule has 6 nitrogen and oxygen atoms in total. The Hall–Kier alpha value is -2.24. The van der Waals surface area contributed by atoms with Gasteiger partial charge in [0.15, 0.2) is 6.61 Å². The van der Waals surface area contributed by atoms with Crippen LogP contribution in [0, 0.1) is 0 Å². The molecule has 1 heterocycles. The van der Waals surface area contributed by atoms with Crippen LogP contribution in [-0.4, -0.2) is 49.7 Å². The Morgan fingerprint density at radius 2 is 1.62 bits per heavy atom. The molecule has 2 atom stereocenters. The quantitative estimate of drug-likeness (QED) is 0.774. The van der Waals surface area contributed by atoms with Gasteiger partial charge in [0.05, 0.1) is 14.2 Å². The van der Waals surface area contributed by atoms with E-state index < -0.39 is 5.97 Å². The maximum atomic E-state index is 12.4. The fraction of sp³-hybridized carbons (Fsp3) is 0.556. The first kappa shape index (κ1) is 18.1. The molecule has 0 saturated carbocycles. The summed E-state index contributed by atoms with van der Waals surface area (Å²) in [5.74, 6) is -0.0927. The predicted molar refractivity (Wildman–Crippen MR) is 89.4 cm³/mol. The number of piperidine rings is 1. The molecule has 1 amide bonds. The molecule has 1 saturated heterocycles. The molecule has 1 aliphatic heterocycles. The normalized spacial score (nSPS) is 20.4. The van der Waals surface area contributed by atoms with Crippen molar-refractivity contribution in [1.82, 2.24) is 4.90 Å². The van der Waals surface area contributed by atoms with E-state index in [9.17, 15) is 9.59 Å². The highest BCUT2D eigenvalue weighted by Crippen LogP contribution is 2.29. The fourth-order valence-electron chi connectivity index (χ4n) is 3.24. The molecule has 1 aliphatic rings. The second kappa shape index (κ2) is 8.04. The Morgan fingerprint density at radius 3 is 2.12 bits per heavy atom. The summed E-state index contributed by atoms with van der Waals surface area (Å²) in [5, 5.41) is 0. The number of benzene rings is 1. The summed E-state index contributed by atoms with van der Waals surface area (Å²) >= 11 is 0. The van der Waals surface area contributed by atoms with Crippen molar-refractivity contribution in [2.75, 3.05) is 20.8 Å². The molecule has 0 bridgehead atoms. The van der Waals surface area contributed by atoms with Crippen LogP contribution in [0.2, 0.25) is 0 Å². The van der Waals surface area contributed by atoms with Gasteiger partial charge in [0.2, 0.25) is 0 Å². The summed E-state index contributed by atoms with van der Waals surface area (Å²) in [5.41, 5.74) is 0.190. The van der Waals surface area contributed by atoms with E-state index >= 15 is 0 Å². The second-order valence-corrected chi connectivity index (χ2v) is 6.04. The molecular weight excluding hydrogens is 310 g/mol. The van der Waals surface area contributed by atoms with Gasteiger partial charge in [0.1, 0.15) is 17.1 Å². The van der Waals surface area contributed by atoms with Gasteiger partial charge in [-0.2, -0.15) is 0 Å². The number of methoxy groups -OCH3 is 2. The number of carbonyl (C=O) groups excluding carboxylic acids is 2. The van der Waals surface area contributed by atoms with E-state index in [1.54, 1.807) is 18.2 Å². The van der Waals surface area contributed by atoms with Gasteiger partial charge in [0, 0.05) is 12.1 Å². The van der Waals surface area contributed by atoms with E-state index in [0.29, 0.717) is 11.5 Å². The Kier molecular flexibility index (Phi) is 6.06. The Balaban J connectivity index is 2.07. The SMILES string of the molecule is COc1cccc(OC)c1C(=O)OCC(=O)N1C(C)CCCC1C. The molecule has 2 unspecified atom stereocenters. The van der Waals surface area contributed by atoms with Crippen molar-refractivity contribution in [1.29, 1.82) is 0 Å². The molecule has 24 heavy (non-hydrogen) atoms. The molecule has 0 spiro atoms. The number of rotatable bonds is 5. The van der Waals surface area contributed by atoms with Gasteiger partial charge in [-0.05, 0) is 45.2 Å². The summed E-state index contributed by atoms with van der Waals surface area (Å²) in [6.07, 6.45) is 3.07. The van der Waals surface area contributed by atoms with Gasteiger partial charge >= 0.3 is 5.97 Å². The number of nitrogens with zero attached hydrogens (tertiary/aromatic N) is 1. The first-order valence-electron chi connectivity index (χ1n) is 8.18. The number of carbonyl (C=O) groups is 2. The van der Waals surface area contributed by atoms with Crippen LogP contribution >= 0.6 is 0 Å². The van der Waals surface area contributed by atoms with Crippen LogP contribution in [0.15, 0.2) is 18.2 Å². The highest BCUT2D eigenvalue weighted by molar-refractivity contribution is 5.96. The smallest absolute Gasteiger partial charge is 0.346 e. The van der Waals surface area contributed by atoms with E-state index in [2.05, 4.69) is 0 Å². The molecule has 1 aromatic carbocycles. The lowest BCUT2D eigenvalue weighted by atomic mass is 9.97. The molecule has 1 fully saturated rings. The number of hydrogen-bond acceptors (Lipinski definition) is 5. The average Bonchev–Trinajstić information content (AvgIpc) is 2.58. The number of esters is 1. The van der Waals surface area contributed by atoms with E-state index in [1.165, 1.54) is 14.2 Å². The maximum absolute atomic E-state index is 12.4. The third kappa shape index (κ3) is 3.80. The summed E-state index contributed by atoms with van der Waals surface area (Å²) in [6, 6.07) is 5.35. The topological polar surface area (TPSA) is 65.1 Å². The predicted octanol–water partition coefficient (Wildman–Crippen LogP) is 2.65. The molecule has 0 aromatic heterocycles. The minimum Gasteiger partial charge on any atom is -0.496 e. The number of likely N-dealkylation sites (tertiary alicyclic amines) is 1. The molecule has 0 N–H and O–H groups in total. The van der Waals surface area contributed by atoms with Gasteiger partial charge in [-0.3, -0.25) is 4.79 Å². The van der Waals surface area contributed by atoms with Crippen LogP contribution in [-0.2, 0) is 9.53 Å². The zero-order valence-electron chi connectivity index (χ0n) is 14.7. The highest BCUT2D eigenvalue weighted by atomic mass is 16.5. The third-order valence-corrected chi connectivity index (χ3v) is 4.44. The van der Waals surface area contributed by atoms with E-state index in [1.807, 2.05) is 18.7 Å². The highest BCUT2D eigenvalue weighted by Gasteiger charge is 2.30. The van der Waals surface area contributed by atoms with Crippen molar-refractivity contribution in [2.24, 2.45) is 0 Å². The molecule has 1 aromatic rings. The summed E-state index contributed by atoms with van der Waals surface area (Å²) in [6.45, 7) is 3.77. The molecule has 132 valence electrons. The molecule has 2 rings (SSSR count). The van der Waals surface area contributed by atoms with Gasteiger partial charge in [-0.1, -0.05) is 6.07 Å². The molecule has 6 heteroatoms. The number of amides is 1. The van der Waals surface area contributed by atoms with Crippen LogP contribution < -0.4 is 9.47 Å². The Morgan fingerprint density at radius 1 is 1.08 bits per heavy atom. The van der Waals surface area contributed by atoms with Gasteiger partial charge in [-0.25, -0.2) is 4.79 Å². The van der Waals surface area contributed by atoms with Crippen LogP contribution in [0.4, 0.5) is 0 Å². The number of hydrogen-bond donors (Lipinski definition) is 0. The Bertz CT molecular complexity index is 569. The summed E-state index contributed by atoms with van der Waals surface area (Å²) < 4.78 is 15.6. The summed E-state index contributed by atoms with van der Waals surface area (Å²) in [7, 11) is 2.93. The zero-order chi connectivity index (χ0) is 17.7. The second-order valence-electron chi connectivity index (χ2n) is 6.04. The standard InChI is InChI=1S/C18H25NO5/c1-12-7-5-8-13(2)19(12)16(20)11-24-18(21)17-14(22-3)9-6-10-15(17)23-4/h6,9-10,12-13H,5,7-8,11H2,1-4H3. The fourth-order valence-corrected chi connectivity index (χ4v) is 3.24. The number of ether oxygens (including phenoxy) is 3. The van der Waals surface area contributed by atoms with Gasteiger partial charge in [-0.15, -0.1) is 0 Å². The van der Waals surface area contributed by atoms with Crippen molar-refractivity contribution < 1.29 is 23.8 Å². The van der Waals surface area contributed by atoms with E-state index in [0.717, 1.165) is 19.3 Å². The molecular formula is C18H25NO5. The van der Waals surface area contributed by atoms with Crippen LogP contribution in [0.25, 0.3) is 0 Å². The van der Waals surface area contributed by atoms with Crippen molar-refractivity contribution in [2.45, 2.75) is 45.2 Å². The largest absolute Gasteiger partial charge is 0.496 e. The van der Waals surface area contributed by atoms with Crippen LogP contribution in [0.3, 0.4) is 0 Å². The minimum absolute atomic E-state index is 0.167.